The second-order valence-corrected chi connectivity index (χ2v) is 7.98. The molecule has 2 amide bonds. The fraction of sp³-hybridized carbons (Fsp3) is 0.842. The second kappa shape index (κ2) is 10.4. The number of unbranched alkanes of at least 4 members (excludes halogenated alkanes) is 1. The quantitative estimate of drug-likeness (QED) is 0.400. The summed E-state index contributed by atoms with van der Waals surface area (Å²) in [6.45, 7) is 17.7. The summed E-state index contributed by atoms with van der Waals surface area (Å²) in [6.07, 6.45) is 0.768. The standard InChI is InChI=1S/C19H37N3O4/c1-10-13-14-20-15(21(11-2)16(23)25-18(4,5)6)22(12-3)17(24)26-19(7,8)9/h10-14H2,1-9H3. The fourth-order valence-electron chi connectivity index (χ4n) is 1.99. The zero-order valence-corrected chi connectivity index (χ0v) is 18.0. The molecule has 0 aliphatic carbocycles. The summed E-state index contributed by atoms with van der Waals surface area (Å²) in [5.74, 6) is 0.270. The van der Waals surface area contributed by atoms with Gasteiger partial charge < -0.3 is 9.47 Å². The van der Waals surface area contributed by atoms with Crippen LogP contribution in [-0.4, -0.2) is 58.8 Å². The molecule has 0 rings (SSSR count). The maximum absolute atomic E-state index is 12.6. The summed E-state index contributed by atoms with van der Waals surface area (Å²) < 4.78 is 11.0. The first-order valence-electron chi connectivity index (χ1n) is 9.41. The van der Waals surface area contributed by atoms with Crippen LogP contribution >= 0.6 is 0 Å². The third kappa shape index (κ3) is 9.06. The van der Waals surface area contributed by atoms with Crippen molar-refractivity contribution in [1.29, 1.82) is 0 Å². The molecule has 0 fully saturated rings. The minimum atomic E-state index is -0.637. The molecule has 7 heteroatoms. The highest BCUT2D eigenvalue weighted by Crippen LogP contribution is 2.15. The van der Waals surface area contributed by atoms with Crippen molar-refractivity contribution in [2.75, 3.05) is 19.6 Å². The van der Waals surface area contributed by atoms with Crippen molar-refractivity contribution in [2.45, 2.75) is 86.4 Å². The molecule has 0 saturated carbocycles. The zero-order chi connectivity index (χ0) is 20.5. The van der Waals surface area contributed by atoms with E-state index in [0.29, 0.717) is 19.6 Å². The molecule has 26 heavy (non-hydrogen) atoms. The van der Waals surface area contributed by atoms with Crippen LogP contribution in [0.1, 0.15) is 75.2 Å². The topological polar surface area (TPSA) is 71.4 Å². The predicted molar refractivity (Wildman–Crippen MR) is 104 cm³/mol. The Bertz CT molecular complexity index is 452. The van der Waals surface area contributed by atoms with Crippen LogP contribution in [0.25, 0.3) is 0 Å². The molecule has 0 spiro atoms. The van der Waals surface area contributed by atoms with Gasteiger partial charge in [-0.2, -0.15) is 0 Å². The molecule has 0 aromatic rings. The average Bonchev–Trinajstić information content (AvgIpc) is 2.44. The number of aliphatic imine (C=N–C) groups is 1. The van der Waals surface area contributed by atoms with E-state index in [2.05, 4.69) is 11.9 Å². The molecule has 0 aliphatic heterocycles. The molecule has 0 saturated heterocycles. The summed E-state index contributed by atoms with van der Waals surface area (Å²) in [4.78, 5) is 32.6. The number of hydrogen-bond donors (Lipinski definition) is 0. The van der Waals surface area contributed by atoms with E-state index in [1.54, 1.807) is 41.5 Å². The van der Waals surface area contributed by atoms with Crippen LogP contribution in [0.15, 0.2) is 4.99 Å². The number of guanidine groups is 1. The molecule has 0 aliphatic rings. The SMILES string of the molecule is CCCCN=C(N(CC)C(=O)OC(C)(C)C)N(CC)C(=O)OC(C)(C)C. The minimum absolute atomic E-state index is 0.270. The minimum Gasteiger partial charge on any atom is -0.443 e. The van der Waals surface area contributed by atoms with Crippen molar-refractivity contribution in [1.82, 2.24) is 9.80 Å². The first kappa shape index (κ1) is 24.2. The normalized spacial score (nSPS) is 11.6. The number of nitrogens with zero attached hydrogens (tertiary/aromatic N) is 3. The first-order valence-corrected chi connectivity index (χ1v) is 9.41. The summed E-state index contributed by atoms with van der Waals surface area (Å²) in [5.41, 5.74) is -1.27. The van der Waals surface area contributed by atoms with Crippen LogP contribution in [0.3, 0.4) is 0 Å². The number of rotatable bonds is 5. The highest BCUT2D eigenvalue weighted by Gasteiger charge is 2.32. The van der Waals surface area contributed by atoms with E-state index in [-0.39, 0.29) is 5.96 Å². The van der Waals surface area contributed by atoms with Crippen molar-refractivity contribution in [3.8, 4) is 0 Å². The van der Waals surface area contributed by atoms with Gasteiger partial charge in [0.05, 0.1) is 0 Å². The van der Waals surface area contributed by atoms with Crippen LogP contribution in [0.5, 0.6) is 0 Å². The molecule has 0 N–H and O–H groups in total. The molecule has 0 radical (unpaired) electrons. The fourth-order valence-corrected chi connectivity index (χ4v) is 1.99. The molecular formula is C19H37N3O4. The maximum atomic E-state index is 12.6. The van der Waals surface area contributed by atoms with Crippen LogP contribution in [0, 0.1) is 0 Å². The first-order chi connectivity index (χ1) is 11.9. The van der Waals surface area contributed by atoms with E-state index < -0.39 is 23.4 Å². The summed E-state index contributed by atoms with van der Waals surface area (Å²) in [5, 5.41) is 0. The van der Waals surface area contributed by atoms with Crippen molar-refractivity contribution < 1.29 is 19.1 Å². The van der Waals surface area contributed by atoms with Crippen molar-refractivity contribution >= 4 is 18.1 Å². The lowest BCUT2D eigenvalue weighted by Gasteiger charge is -2.33. The predicted octanol–water partition coefficient (Wildman–Crippen LogP) is 4.66. The van der Waals surface area contributed by atoms with Gasteiger partial charge in [0, 0.05) is 19.6 Å². The van der Waals surface area contributed by atoms with Gasteiger partial charge in [-0.25, -0.2) is 19.4 Å². The summed E-state index contributed by atoms with van der Waals surface area (Å²) in [6, 6.07) is 0. The Balaban J connectivity index is 5.74. The van der Waals surface area contributed by atoms with Crippen LogP contribution < -0.4 is 0 Å². The Morgan fingerprint density at radius 1 is 0.808 bits per heavy atom. The number of carbonyl (C=O) groups is 2. The molecule has 0 bridgehead atoms. The molecule has 7 nitrogen and oxygen atoms in total. The van der Waals surface area contributed by atoms with Crippen LogP contribution in [0.2, 0.25) is 0 Å². The largest absolute Gasteiger partial charge is 0.443 e. The van der Waals surface area contributed by atoms with Crippen LogP contribution in [0.4, 0.5) is 9.59 Å². The van der Waals surface area contributed by atoms with Gasteiger partial charge in [0.25, 0.3) is 0 Å². The molecule has 152 valence electrons. The Kier molecular flexibility index (Phi) is 9.67. The molecule has 0 aromatic carbocycles. The molecular weight excluding hydrogens is 334 g/mol. The summed E-state index contributed by atoms with van der Waals surface area (Å²) >= 11 is 0. The molecule has 0 unspecified atom stereocenters. The van der Waals surface area contributed by atoms with Crippen molar-refractivity contribution in [3.05, 3.63) is 0 Å². The molecule has 0 atom stereocenters. The van der Waals surface area contributed by atoms with Gasteiger partial charge in [-0.15, -0.1) is 0 Å². The monoisotopic (exact) mass is 371 g/mol. The Hall–Kier alpha value is -1.79. The number of carbonyl (C=O) groups excluding carboxylic acids is 2. The molecule has 0 aromatic heterocycles. The van der Waals surface area contributed by atoms with E-state index in [0.717, 1.165) is 12.8 Å². The highest BCUT2D eigenvalue weighted by atomic mass is 16.6. The van der Waals surface area contributed by atoms with Gasteiger partial charge in [-0.05, 0) is 61.8 Å². The third-order valence-electron chi connectivity index (χ3n) is 3.11. The van der Waals surface area contributed by atoms with E-state index in [9.17, 15) is 9.59 Å². The van der Waals surface area contributed by atoms with Crippen molar-refractivity contribution in [3.63, 3.8) is 0 Å². The lowest BCUT2D eigenvalue weighted by Crippen LogP contribution is -2.52. The average molecular weight is 372 g/mol. The lowest BCUT2D eigenvalue weighted by atomic mass is 10.2. The smallest absolute Gasteiger partial charge is 0.417 e. The van der Waals surface area contributed by atoms with Gasteiger partial charge in [-0.3, -0.25) is 4.99 Å². The maximum Gasteiger partial charge on any atom is 0.417 e. The lowest BCUT2D eigenvalue weighted by molar-refractivity contribution is 0.0287. The van der Waals surface area contributed by atoms with Crippen LogP contribution in [-0.2, 0) is 9.47 Å². The van der Waals surface area contributed by atoms with Gasteiger partial charge in [0.15, 0.2) is 0 Å². The summed E-state index contributed by atoms with van der Waals surface area (Å²) in [7, 11) is 0. The highest BCUT2D eigenvalue weighted by molar-refractivity contribution is 6.01. The van der Waals surface area contributed by atoms with Gasteiger partial charge >= 0.3 is 12.2 Å². The second-order valence-electron chi connectivity index (χ2n) is 7.98. The van der Waals surface area contributed by atoms with Gasteiger partial charge in [0.2, 0.25) is 5.96 Å². The Morgan fingerprint density at radius 2 is 1.19 bits per heavy atom. The Labute approximate surface area is 158 Å². The number of hydrogen-bond acceptors (Lipinski definition) is 5. The number of amides is 2. The van der Waals surface area contributed by atoms with E-state index >= 15 is 0 Å². The Morgan fingerprint density at radius 3 is 1.46 bits per heavy atom. The number of ether oxygens (including phenoxy) is 2. The zero-order valence-electron chi connectivity index (χ0n) is 18.0. The van der Waals surface area contributed by atoms with Gasteiger partial charge in [0.1, 0.15) is 11.2 Å². The van der Waals surface area contributed by atoms with Crippen molar-refractivity contribution in [2.24, 2.45) is 4.99 Å². The molecule has 0 heterocycles. The van der Waals surface area contributed by atoms with E-state index in [4.69, 9.17) is 9.47 Å². The van der Waals surface area contributed by atoms with E-state index in [1.165, 1.54) is 9.80 Å². The van der Waals surface area contributed by atoms with Gasteiger partial charge in [-0.1, -0.05) is 13.3 Å². The van der Waals surface area contributed by atoms with E-state index in [1.807, 2.05) is 13.8 Å². The third-order valence-corrected chi connectivity index (χ3v) is 3.11.